The minimum Gasteiger partial charge on any atom is -0.0622 e. The highest BCUT2D eigenvalue weighted by molar-refractivity contribution is 7.78. The maximum Gasteiger partial charge on any atom is -0.0118 e. The van der Waals surface area contributed by atoms with Gasteiger partial charge in [0.15, 0.2) is 0 Å². The van der Waals surface area contributed by atoms with Crippen LogP contribution in [0.15, 0.2) is 84.9 Å². The Morgan fingerprint density at radius 3 is 1.14 bits per heavy atom. The number of hydrogen-bond acceptors (Lipinski definition) is 0. The van der Waals surface area contributed by atoms with Crippen LogP contribution in [-0.4, -0.2) is 13.3 Å². The van der Waals surface area contributed by atoms with Crippen LogP contribution < -0.4 is 21.2 Å². The van der Waals surface area contributed by atoms with Gasteiger partial charge >= 0.3 is 0 Å². The van der Waals surface area contributed by atoms with Crippen molar-refractivity contribution in [1.29, 1.82) is 0 Å². The molecule has 0 heterocycles. The Bertz CT molecular complexity index is 658. The van der Waals surface area contributed by atoms with Gasteiger partial charge in [0.25, 0.3) is 0 Å². The predicted octanol–water partition coefficient (Wildman–Crippen LogP) is 3.81. The number of rotatable bonds is 4. The molecule has 0 fully saturated rings. The summed E-state index contributed by atoms with van der Waals surface area (Å²) in [6.07, 6.45) is 0. The van der Waals surface area contributed by atoms with Crippen molar-refractivity contribution in [2.75, 3.05) is 13.3 Å². The van der Waals surface area contributed by atoms with Crippen LogP contribution in [0.3, 0.4) is 0 Å². The largest absolute Gasteiger partial charge is 0.0622 e. The zero-order valence-corrected chi connectivity index (χ0v) is 14.8. The molecule has 0 amide bonds. The highest BCUT2D eigenvalue weighted by atomic mass is 31.1. The van der Waals surface area contributed by atoms with Gasteiger partial charge in [-0.2, -0.15) is 0 Å². The van der Waals surface area contributed by atoms with Crippen molar-refractivity contribution in [2.45, 2.75) is 0 Å². The van der Waals surface area contributed by atoms with E-state index in [4.69, 9.17) is 0 Å². The van der Waals surface area contributed by atoms with E-state index in [2.05, 4.69) is 98.3 Å². The van der Waals surface area contributed by atoms with Crippen LogP contribution in [0.1, 0.15) is 0 Å². The summed E-state index contributed by atoms with van der Waals surface area (Å²) in [4.78, 5) is 0. The molecule has 0 N–H and O–H groups in total. The first-order valence-corrected chi connectivity index (χ1v) is 11.0. The van der Waals surface area contributed by atoms with Crippen molar-refractivity contribution < 1.29 is 0 Å². The van der Waals surface area contributed by atoms with Gasteiger partial charge in [-0.25, -0.2) is 0 Å². The summed E-state index contributed by atoms with van der Waals surface area (Å²) in [5.41, 5.74) is 0. The zero-order valence-electron chi connectivity index (χ0n) is 13.0. The molecular weight excluding hydrogens is 302 g/mol. The summed E-state index contributed by atoms with van der Waals surface area (Å²) in [5, 5.41) is 5.92. The minimum atomic E-state index is -0.298. The van der Waals surface area contributed by atoms with E-state index in [1.54, 1.807) is 0 Å². The summed E-state index contributed by atoms with van der Waals surface area (Å²) >= 11 is 0. The smallest absolute Gasteiger partial charge is 0.0118 e. The molecular formula is C20H20P2. The Labute approximate surface area is 135 Å². The molecule has 3 rings (SSSR count). The molecule has 110 valence electrons. The third-order valence-electron chi connectivity index (χ3n) is 3.89. The molecule has 0 bridgehead atoms. The Morgan fingerprint density at radius 1 is 0.455 bits per heavy atom. The van der Waals surface area contributed by atoms with Crippen molar-refractivity contribution in [3.63, 3.8) is 0 Å². The summed E-state index contributed by atoms with van der Waals surface area (Å²) in [6.45, 7) is 4.75. The maximum absolute atomic E-state index is 2.37. The third kappa shape index (κ3) is 3.30. The lowest BCUT2D eigenvalue weighted by atomic mass is 10.4. The molecule has 0 aliphatic heterocycles. The van der Waals surface area contributed by atoms with Crippen LogP contribution >= 0.6 is 15.8 Å². The SMILES string of the molecule is C[P@@](c1ccccc1)c1ccccc1[P@@](C)c1ccccc1. The lowest BCUT2D eigenvalue weighted by Gasteiger charge is -2.22. The van der Waals surface area contributed by atoms with E-state index in [0.717, 1.165) is 0 Å². The van der Waals surface area contributed by atoms with Gasteiger partial charge in [0.05, 0.1) is 0 Å². The van der Waals surface area contributed by atoms with Gasteiger partial charge < -0.3 is 0 Å². The standard InChI is InChI=1S/C20H20P2/c1-21(17-11-5-3-6-12-17)19-15-9-10-16-20(19)22(2)18-13-7-4-8-14-18/h3-16H,1-2H3/t21-,22-/m0/s1. The number of benzene rings is 3. The minimum absolute atomic E-state index is 0.298. The van der Waals surface area contributed by atoms with Crippen molar-refractivity contribution in [3.05, 3.63) is 84.9 Å². The molecule has 0 saturated carbocycles. The van der Waals surface area contributed by atoms with Crippen LogP contribution in [-0.2, 0) is 0 Å². The fourth-order valence-electron chi connectivity index (χ4n) is 2.61. The topological polar surface area (TPSA) is 0 Å². The van der Waals surface area contributed by atoms with Crippen LogP contribution in [0.2, 0.25) is 0 Å². The molecule has 2 atom stereocenters. The van der Waals surface area contributed by atoms with E-state index < -0.39 is 0 Å². The van der Waals surface area contributed by atoms with Gasteiger partial charge in [-0.15, -0.1) is 0 Å². The molecule has 3 aromatic rings. The van der Waals surface area contributed by atoms with Gasteiger partial charge in [-0.1, -0.05) is 84.9 Å². The van der Waals surface area contributed by atoms with Crippen LogP contribution in [0.5, 0.6) is 0 Å². The molecule has 0 radical (unpaired) electrons. The summed E-state index contributed by atoms with van der Waals surface area (Å²) < 4.78 is 0. The van der Waals surface area contributed by atoms with Gasteiger partial charge in [-0.3, -0.25) is 0 Å². The van der Waals surface area contributed by atoms with E-state index in [9.17, 15) is 0 Å². The van der Waals surface area contributed by atoms with Crippen LogP contribution in [0.25, 0.3) is 0 Å². The summed E-state index contributed by atoms with van der Waals surface area (Å²) in [7, 11) is -0.596. The van der Waals surface area contributed by atoms with Crippen molar-refractivity contribution >= 4 is 37.1 Å². The summed E-state index contributed by atoms with van der Waals surface area (Å²) in [5.74, 6) is 0. The van der Waals surface area contributed by atoms with E-state index in [1.165, 1.54) is 21.2 Å². The van der Waals surface area contributed by atoms with Gasteiger partial charge in [-0.05, 0) is 50.4 Å². The Hall–Kier alpha value is -1.48. The highest BCUT2D eigenvalue weighted by Gasteiger charge is 2.16. The fourth-order valence-corrected chi connectivity index (χ4v) is 6.76. The first-order chi connectivity index (χ1) is 10.8. The lowest BCUT2D eigenvalue weighted by Crippen LogP contribution is -2.27. The molecule has 0 saturated heterocycles. The zero-order chi connectivity index (χ0) is 15.4. The third-order valence-corrected chi connectivity index (χ3v) is 8.44. The molecule has 0 nitrogen and oxygen atoms in total. The first kappa shape index (κ1) is 15.4. The molecule has 0 aliphatic carbocycles. The lowest BCUT2D eigenvalue weighted by molar-refractivity contribution is 1.76. The average Bonchev–Trinajstić information content (AvgIpc) is 2.62. The Balaban J connectivity index is 2.00. The maximum atomic E-state index is 2.37. The second-order valence-corrected chi connectivity index (χ2v) is 9.51. The Morgan fingerprint density at radius 2 is 0.773 bits per heavy atom. The van der Waals surface area contributed by atoms with Crippen LogP contribution in [0.4, 0.5) is 0 Å². The Kier molecular flexibility index (Phi) is 5.04. The van der Waals surface area contributed by atoms with Crippen molar-refractivity contribution in [3.8, 4) is 0 Å². The van der Waals surface area contributed by atoms with E-state index in [0.29, 0.717) is 0 Å². The fraction of sp³-hybridized carbons (Fsp3) is 0.100. The average molecular weight is 322 g/mol. The quantitative estimate of drug-likeness (QED) is 0.641. The van der Waals surface area contributed by atoms with Gasteiger partial charge in [0.2, 0.25) is 0 Å². The molecule has 22 heavy (non-hydrogen) atoms. The first-order valence-electron chi connectivity index (χ1n) is 7.44. The van der Waals surface area contributed by atoms with E-state index in [-0.39, 0.29) is 15.8 Å². The second-order valence-electron chi connectivity index (χ2n) is 5.28. The molecule has 3 aromatic carbocycles. The van der Waals surface area contributed by atoms with E-state index >= 15 is 0 Å². The summed E-state index contributed by atoms with van der Waals surface area (Å²) in [6, 6.07) is 30.7. The molecule has 0 aliphatic rings. The normalized spacial score (nSPS) is 13.5. The second kappa shape index (κ2) is 7.19. The van der Waals surface area contributed by atoms with Gasteiger partial charge in [0.1, 0.15) is 0 Å². The van der Waals surface area contributed by atoms with Gasteiger partial charge in [0, 0.05) is 0 Å². The highest BCUT2D eigenvalue weighted by Crippen LogP contribution is 2.34. The van der Waals surface area contributed by atoms with E-state index in [1.807, 2.05) is 0 Å². The molecule has 2 heteroatoms. The predicted molar refractivity (Wildman–Crippen MR) is 104 cm³/mol. The number of hydrogen-bond donors (Lipinski definition) is 0. The molecule has 0 aromatic heterocycles. The molecule has 0 unspecified atom stereocenters. The van der Waals surface area contributed by atoms with Crippen molar-refractivity contribution in [2.24, 2.45) is 0 Å². The van der Waals surface area contributed by atoms with Crippen LogP contribution in [0, 0.1) is 0 Å². The monoisotopic (exact) mass is 322 g/mol. The van der Waals surface area contributed by atoms with Crippen molar-refractivity contribution in [1.82, 2.24) is 0 Å². The molecule has 0 spiro atoms.